The molecule has 0 saturated carbocycles. The molecule has 0 amide bonds. The number of phosphoric ester groups is 2. The van der Waals surface area contributed by atoms with Crippen LogP contribution in [0.4, 0.5) is 0 Å². The Bertz CT molecular complexity index is 1700. The zero-order valence-electron chi connectivity index (χ0n) is 56.3. The van der Waals surface area contributed by atoms with Crippen LogP contribution in [0.3, 0.4) is 0 Å². The van der Waals surface area contributed by atoms with Gasteiger partial charge in [0.15, 0.2) is 12.2 Å². The number of hydrogen-bond donors (Lipinski definition) is 3. The van der Waals surface area contributed by atoms with E-state index in [1.54, 1.807) is 0 Å². The van der Waals surface area contributed by atoms with Crippen molar-refractivity contribution < 1.29 is 80.2 Å². The Morgan fingerprint density at radius 1 is 0.310 bits per heavy atom. The first kappa shape index (κ1) is 85.1. The third-order valence-electron chi connectivity index (χ3n) is 15.7. The van der Waals surface area contributed by atoms with Gasteiger partial charge in [0, 0.05) is 25.7 Å². The highest BCUT2D eigenvalue weighted by Crippen LogP contribution is 2.45. The van der Waals surface area contributed by atoms with Gasteiger partial charge < -0.3 is 33.8 Å². The fourth-order valence-electron chi connectivity index (χ4n) is 10.2. The first-order valence-corrected chi connectivity index (χ1v) is 38.5. The van der Waals surface area contributed by atoms with Gasteiger partial charge in [0.1, 0.15) is 19.3 Å². The van der Waals surface area contributed by atoms with E-state index < -0.39 is 97.5 Å². The van der Waals surface area contributed by atoms with Gasteiger partial charge in [-0.2, -0.15) is 0 Å². The van der Waals surface area contributed by atoms with Gasteiger partial charge in [-0.25, -0.2) is 9.13 Å². The minimum absolute atomic E-state index is 0.106. The Kier molecular flexibility index (Phi) is 59.0. The predicted molar refractivity (Wildman–Crippen MR) is 349 cm³/mol. The summed E-state index contributed by atoms with van der Waals surface area (Å²) in [5.74, 6) is -0.607. The lowest BCUT2D eigenvalue weighted by Crippen LogP contribution is -2.30. The molecule has 0 heterocycles. The van der Waals surface area contributed by atoms with E-state index in [0.29, 0.717) is 25.7 Å². The number of aliphatic hydroxyl groups excluding tert-OH is 1. The fourth-order valence-corrected chi connectivity index (χ4v) is 11.8. The minimum atomic E-state index is -4.95. The summed E-state index contributed by atoms with van der Waals surface area (Å²) in [6, 6.07) is 0. The summed E-state index contributed by atoms with van der Waals surface area (Å²) in [5.41, 5.74) is 0. The van der Waals surface area contributed by atoms with Crippen LogP contribution in [0.25, 0.3) is 0 Å². The van der Waals surface area contributed by atoms with E-state index in [2.05, 4.69) is 41.5 Å². The second kappa shape index (κ2) is 60.3. The minimum Gasteiger partial charge on any atom is -0.462 e. The number of carbonyl (C=O) groups is 4. The monoisotopic (exact) mass is 1280 g/mol. The number of rotatable bonds is 67. The first-order valence-electron chi connectivity index (χ1n) is 35.5. The molecule has 0 aromatic heterocycles. The van der Waals surface area contributed by atoms with Gasteiger partial charge in [0.25, 0.3) is 0 Å². The molecule has 0 saturated heterocycles. The van der Waals surface area contributed by atoms with Crippen LogP contribution in [-0.4, -0.2) is 96.7 Å². The molecule has 0 rings (SSSR count). The van der Waals surface area contributed by atoms with E-state index in [-0.39, 0.29) is 25.7 Å². The fraction of sp³-hybridized carbons (Fsp3) is 0.941. The molecule has 0 aliphatic heterocycles. The Morgan fingerprint density at radius 3 is 0.782 bits per heavy atom. The number of unbranched alkanes of at least 4 members (excludes halogenated alkanes) is 37. The van der Waals surface area contributed by atoms with Crippen LogP contribution in [0.15, 0.2) is 0 Å². The van der Waals surface area contributed by atoms with Crippen LogP contribution < -0.4 is 0 Å². The molecule has 0 aliphatic carbocycles. The summed E-state index contributed by atoms with van der Waals surface area (Å²) < 4.78 is 68.1. The SMILES string of the molecule is CCCCCCCCCCCCC(=O)O[C@H](COC(=O)CCCCCCCCCCC)COP(=O)(O)OC[C@H](O)COP(=O)(O)OC[C@@H](COC(=O)CCCCCCCCCCC(C)C)OC(=O)CCCCCCCCCCCCCCCCC(C)C. The molecule has 3 N–H and O–H groups in total. The van der Waals surface area contributed by atoms with Crippen molar-refractivity contribution in [2.24, 2.45) is 11.8 Å². The third kappa shape index (κ3) is 62.6. The maximum absolute atomic E-state index is 13.0. The standard InChI is InChI=1S/C68H132O17P2/c1-7-9-11-13-15-17-26-34-40-46-52-67(72)84-63(56-78-65(70)50-44-38-32-24-16-14-12-10-8-2)58-82-86(74,75)80-54-62(69)55-81-87(76,77)83-59-64(57-79-66(71)51-45-39-33-29-28-31-37-43-49-61(5)6)85-68(73)53-47-41-35-27-23-21-19-18-20-22-25-30-36-42-48-60(3)4/h60-64,69H,7-59H2,1-6H3,(H,74,75)(H,76,77)/t62-,63+,64+/m0/s1. The summed E-state index contributed by atoms with van der Waals surface area (Å²) in [7, 11) is -9.89. The molecule has 0 radical (unpaired) electrons. The molecule has 19 heteroatoms. The topological polar surface area (TPSA) is 237 Å². The number of hydrogen-bond acceptors (Lipinski definition) is 15. The van der Waals surface area contributed by atoms with E-state index >= 15 is 0 Å². The number of phosphoric acid groups is 2. The molecule has 0 spiro atoms. The Labute approximate surface area is 530 Å². The van der Waals surface area contributed by atoms with Crippen LogP contribution in [0.2, 0.25) is 0 Å². The van der Waals surface area contributed by atoms with Gasteiger partial charge in [-0.3, -0.25) is 37.3 Å². The molecule has 2 unspecified atom stereocenters. The first-order chi connectivity index (χ1) is 41.9. The second-order valence-electron chi connectivity index (χ2n) is 25.5. The molecule has 516 valence electrons. The highest BCUT2D eigenvalue weighted by atomic mass is 31.2. The predicted octanol–water partition coefficient (Wildman–Crippen LogP) is 19.2. The highest BCUT2D eigenvalue weighted by molar-refractivity contribution is 7.47. The average Bonchev–Trinajstić information content (AvgIpc) is 3.64. The summed E-state index contributed by atoms with van der Waals surface area (Å²) in [6.07, 6.45) is 44.4. The molecule has 0 aliphatic rings. The van der Waals surface area contributed by atoms with Crippen molar-refractivity contribution in [2.75, 3.05) is 39.6 Å². The molecule has 17 nitrogen and oxygen atoms in total. The quantitative estimate of drug-likeness (QED) is 0.0222. The number of esters is 4. The summed E-state index contributed by atoms with van der Waals surface area (Å²) in [5, 5.41) is 10.6. The Balaban J connectivity index is 5.21. The summed E-state index contributed by atoms with van der Waals surface area (Å²) in [4.78, 5) is 72.3. The van der Waals surface area contributed by atoms with Gasteiger partial charge in [-0.05, 0) is 37.5 Å². The van der Waals surface area contributed by atoms with E-state index in [9.17, 15) is 43.2 Å². The average molecular weight is 1280 g/mol. The molecule has 0 fully saturated rings. The van der Waals surface area contributed by atoms with Crippen LogP contribution >= 0.6 is 15.6 Å². The number of aliphatic hydroxyl groups is 1. The zero-order valence-corrected chi connectivity index (χ0v) is 58.1. The number of carbonyl (C=O) groups excluding carboxylic acids is 4. The molecule has 0 aromatic carbocycles. The van der Waals surface area contributed by atoms with Crippen LogP contribution in [0.1, 0.15) is 343 Å². The van der Waals surface area contributed by atoms with Gasteiger partial charge in [-0.15, -0.1) is 0 Å². The maximum atomic E-state index is 13.0. The van der Waals surface area contributed by atoms with Crippen LogP contribution in [-0.2, 0) is 65.4 Å². The van der Waals surface area contributed by atoms with Gasteiger partial charge in [0.05, 0.1) is 26.4 Å². The maximum Gasteiger partial charge on any atom is 0.472 e. The van der Waals surface area contributed by atoms with Gasteiger partial charge >= 0.3 is 39.5 Å². The van der Waals surface area contributed by atoms with Crippen molar-refractivity contribution in [3.63, 3.8) is 0 Å². The molecule has 0 bridgehead atoms. The van der Waals surface area contributed by atoms with Crippen LogP contribution in [0, 0.1) is 11.8 Å². The smallest absolute Gasteiger partial charge is 0.462 e. The molecule has 5 atom stereocenters. The summed E-state index contributed by atoms with van der Waals surface area (Å²) in [6.45, 7) is 9.50. The third-order valence-corrected chi connectivity index (χ3v) is 17.6. The second-order valence-corrected chi connectivity index (χ2v) is 28.4. The lowest BCUT2D eigenvalue weighted by atomic mass is 10.0. The van der Waals surface area contributed by atoms with Crippen molar-refractivity contribution >= 4 is 39.5 Å². The van der Waals surface area contributed by atoms with E-state index in [1.807, 2.05) is 0 Å². The molecular weight excluding hydrogens is 1150 g/mol. The molecule has 87 heavy (non-hydrogen) atoms. The van der Waals surface area contributed by atoms with Crippen molar-refractivity contribution in [1.29, 1.82) is 0 Å². The highest BCUT2D eigenvalue weighted by Gasteiger charge is 2.30. The summed E-state index contributed by atoms with van der Waals surface area (Å²) >= 11 is 0. The van der Waals surface area contributed by atoms with Crippen molar-refractivity contribution in [3.05, 3.63) is 0 Å². The van der Waals surface area contributed by atoms with Gasteiger partial charge in [0.2, 0.25) is 0 Å². The Hall–Kier alpha value is -1.94. The molecule has 0 aromatic rings. The Morgan fingerprint density at radius 2 is 0.529 bits per heavy atom. The molecular formula is C68H132O17P2. The largest absolute Gasteiger partial charge is 0.472 e. The lowest BCUT2D eigenvalue weighted by molar-refractivity contribution is -0.161. The van der Waals surface area contributed by atoms with Crippen molar-refractivity contribution in [1.82, 2.24) is 0 Å². The van der Waals surface area contributed by atoms with E-state index in [4.69, 9.17) is 37.0 Å². The zero-order chi connectivity index (χ0) is 64.3. The van der Waals surface area contributed by atoms with E-state index in [0.717, 1.165) is 102 Å². The van der Waals surface area contributed by atoms with Crippen molar-refractivity contribution in [3.8, 4) is 0 Å². The van der Waals surface area contributed by atoms with Crippen LogP contribution in [0.5, 0.6) is 0 Å². The normalized spacial score (nSPS) is 14.2. The number of ether oxygens (including phenoxy) is 4. The van der Waals surface area contributed by atoms with Gasteiger partial charge in [-0.1, -0.05) is 292 Å². The lowest BCUT2D eigenvalue weighted by Gasteiger charge is -2.21. The van der Waals surface area contributed by atoms with Crippen molar-refractivity contribution in [2.45, 2.75) is 362 Å². The van der Waals surface area contributed by atoms with E-state index in [1.165, 1.54) is 161 Å².